The van der Waals surface area contributed by atoms with Gasteiger partial charge in [-0.3, -0.25) is 24.6 Å². The van der Waals surface area contributed by atoms with Crippen molar-refractivity contribution in [2.75, 3.05) is 39.0 Å². The van der Waals surface area contributed by atoms with Crippen molar-refractivity contribution in [2.24, 2.45) is 17.5 Å². The number of hydrazine groups is 1. The molecule has 55 heavy (non-hydrogen) atoms. The Labute approximate surface area is 321 Å². The Morgan fingerprint density at radius 3 is 2.36 bits per heavy atom. The van der Waals surface area contributed by atoms with Crippen LogP contribution in [0.3, 0.4) is 0 Å². The molecule has 2 atom stereocenters. The molecule has 2 unspecified atom stereocenters. The summed E-state index contributed by atoms with van der Waals surface area (Å²) in [5.41, 5.74) is 15.0. The molecule has 0 saturated carbocycles. The number of fused-ring (bicyclic) bond motifs is 3. The molecule has 0 aliphatic heterocycles. The number of nitrogens with zero attached hydrogens (tertiary/aromatic N) is 4. The van der Waals surface area contributed by atoms with Gasteiger partial charge < -0.3 is 46.4 Å². The first kappa shape index (κ1) is 44.3. The summed E-state index contributed by atoms with van der Waals surface area (Å²) in [4.78, 5) is 74.6. The fraction of sp³-hybridized carbons (Fsp3) is 0.595. The molecule has 1 aromatic carbocycles. The molecule has 0 bridgehead atoms. The number of imidazole rings is 1. The summed E-state index contributed by atoms with van der Waals surface area (Å²) in [6.07, 6.45) is 1.29. The fourth-order valence-electron chi connectivity index (χ4n) is 5.95. The maximum atomic E-state index is 13.4. The van der Waals surface area contributed by atoms with Gasteiger partial charge in [0, 0.05) is 45.0 Å². The van der Waals surface area contributed by atoms with Crippen LogP contribution in [0.2, 0.25) is 0 Å². The number of ether oxygens (including phenoxy) is 2. The highest BCUT2D eigenvalue weighted by Crippen LogP contribution is 2.31. The number of hydrogen-bond donors (Lipinski definition) is 7. The van der Waals surface area contributed by atoms with E-state index in [2.05, 4.69) is 20.9 Å². The van der Waals surface area contributed by atoms with Crippen LogP contribution in [0, 0.1) is 5.92 Å². The van der Waals surface area contributed by atoms with Gasteiger partial charge in [0.1, 0.15) is 35.6 Å². The number of aromatic nitrogens is 3. The third-order valence-corrected chi connectivity index (χ3v) is 8.90. The molecule has 0 saturated heterocycles. The summed E-state index contributed by atoms with van der Waals surface area (Å²) >= 11 is 0. The van der Waals surface area contributed by atoms with Gasteiger partial charge >= 0.3 is 6.09 Å². The van der Waals surface area contributed by atoms with E-state index in [1.165, 1.54) is 4.90 Å². The minimum atomic E-state index is -1.01. The van der Waals surface area contributed by atoms with Crippen LogP contribution in [0.25, 0.3) is 21.9 Å². The third kappa shape index (κ3) is 13.0. The maximum absolute atomic E-state index is 13.4. The topological polar surface area (TPSA) is 264 Å². The quantitative estimate of drug-likeness (QED) is 0.0333. The number of hydrogen-bond acceptors (Lipinski definition) is 12. The number of rotatable bonds is 22. The van der Waals surface area contributed by atoms with Gasteiger partial charge in [0.15, 0.2) is 5.82 Å². The monoisotopic (exact) mass is 769 g/mol. The first-order chi connectivity index (χ1) is 26.1. The SMILES string of the molecule is CCOCc1nc2c(N)nc3ccccc3c2n1CC(C)(C)OC(=O)N(C)CCNC(=O)C(CCCCN)NC(=O)C(NC(=O)CCCC(=O)NN)C(C)C. The van der Waals surface area contributed by atoms with Gasteiger partial charge in [0.25, 0.3) is 0 Å². The number of carbonyl (C=O) groups is 5. The number of nitrogen functional groups attached to an aromatic ring is 1. The van der Waals surface area contributed by atoms with Crippen molar-refractivity contribution < 1.29 is 33.4 Å². The van der Waals surface area contributed by atoms with Gasteiger partial charge in [-0.1, -0.05) is 32.0 Å². The van der Waals surface area contributed by atoms with E-state index in [9.17, 15) is 24.0 Å². The average Bonchev–Trinajstić information content (AvgIpc) is 3.49. The molecular weight excluding hydrogens is 710 g/mol. The molecule has 18 heteroatoms. The standard InChI is InChI=1S/C37H59N11O7/c1-7-54-21-27-44-31-32(24-13-8-9-14-25(24)42-33(31)39)48(27)22-37(4,5)55-36(53)47(6)20-19-41-34(51)26(15-10-11-18-38)43-35(52)30(23(2)3)45-28(49)16-12-17-29(50)46-40/h8-9,13-14,23,26,30H,7,10-12,15-22,38,40H2,1-6H3,(H2,39,42)(H,41,51)(H,43,52)(H,45,49)(H,46,50). The van der Waals surface area contributed by atoms with E-state index in [0.717, 1.165) is 10.9 Å². The van der Waals surface area contributed by atoms with Crippen LogP contribution in [-0.2, 0) is 41.8 Å². The predicted octanol–water partition coefficient (Wildman–Crippen LogP) is 1.58. The number of nitrogens with two attached hydrogens (primary N) is 3. The lowest BCUT2D eigenvalue weighted by atomic mass is 10.0. The number of para-hydroxylation sites is 1. The van der Waals surface area contributed by atoms with Gasteiger partial charge in [-0.25, -0.2) is 20.6 Å². The Hall–Kier alpha value is -5.07. The molecule has 304 valence electrons. The minimum absolute atomic E-state index is 0.0247. The fourth-order valence-corrected chi connectivity index (χ4v) is 5.95. The average molecular weight is 770 g/mol. The molecule has 10 N–H and O–H groups in total. The maximum Gasteiger partial charge on any atom is 0.410 e. The second kappa shape index (κ2) is 21.1. The zero-order valence-electron chi connectivity index (χ0n) is 32.9. The van der Waals surface area contributed by atoms with Crippen LogP contribution in [0.15, 0.2) is 24.3 Å². The van der Waals surface area contributed by atoms with Gasteiger partial charge in [0.2, 0.25) is 23.6 Å². The molecule has 0 fully saturated rings. The third-order valence-electron chi connectivity index (χ3n) is 8.90. The number of amides is 5. The van der Waals surface area contributed by atoms with Crippen molar-refractivity contribution in [2.45, 2.75) is 104 Å². The molecule has 2 aromatic heterocycles. The molecule has 0 spiro atoms. The molecule has 0 aliphatic carbocycles. The Balaban J connectivity index is 1.63. The zero-order chi connectivity index (χ0) is 40.7. The van der Waals surface area contributed by atoms with Gasteiger partial charge in [-0.2, -0.15) is 0 Å². The van der Waals surface area contributed by atoms with E-state index >= 15 is 0 Å². The number of anilines is 1. The normalized spacial score (nSPS) is 12.7. The highest BCUT2D eigenvalue weighted by Gasteiger charge is 2.31. The van der Waals surface area contributed by atoms with Gasteiger partial charge in [-0.05, 0) is 65.0 Å². The van der Waals surface area contributed by atoms with Crippen LogP contribution < -0.4 is 38.7 Å². The number of unbranched alkanes of at least 4 members (excludes halogenated alkanes) is 1. The number of carbonyl (C=O) groups excluding carboxylic acids is 5. The molecule has 2 heterocycles. The van der Waals surface area contributed by atoms with E-state index in [0.29, 0.717) is 49.3 Å². The Morgan fingerprint density at radius 2 is 1.69 bits per heavy atom. The molecule has 3 aromatic rings. The van der Waals surface area contributed by atoms with Crippen LogP contribution in [0.4, 0.5) is 10.6 Å². The summed E-state index contributed by atoms with van der Waals surface area (Å²) in [5.74, 6) is 3.95. The summed E-state index contributed by atoms with van der Waals surface area (Å²) in [7, 11) is 1.57. The van der Waals surface area contributed by atoms with Crippen LogP contribution in [0.1, 0.15) is 79.0 Å². The largest absolute Gasteiger partial charge is 0.441 e. The molecule has 18 nitrogen and oxygen atoms in total. The van der Waals surface area contributed by atoms with Crippen LogP contribution in [0.5, 0.6) is 0 Å². The van der Waals surface area contributed by atoms with E-state index < -0.39 is 47.4 Å². The van der Waals surface area contributed by atoms with Gasteiger partial charge in [0.05, 0.1) is 17.6 Å². The second-order valence-electron chi connectivity index (χ2n) is 14.4. The molecular formula is C37H59N11O7. The summed E-state index contributed by atoms with van der Waals surface area (Å²) < 4.78 is 13.6. The Bertz CT molecular complexity index is 1780. The lowest BCUT2D eigenvalue weighted by Gasteiger charge is -2.29. The lowest BCUT2D eigenvalue weighted by Crippen LogP contribution is -2.55. The highest BCUT2D eigenvalue weighted by atomic mass is 16.6. The second-order valence-corrected chi connectivity index (χ2v) is 14.4. The number of pyridine rings is 1. The number of nitrogens with one attached hydrogen (secondary N) is 4. The number of likely N-dealkylation sites (N-methyl/N-ethyl adjacent to an activating group) is 1. The van der Waals surface area contributed by atoms with Crippen LogP contribution in [-0.4, -0.2) is 100 Å². The van der Waals surface area contributed by atoms with Crippen molar-refractivity contribution in [1.29, 1.82) is 0 Å². The van der Waals surface area contributed by atoms with E-state index in [1.54, 1.807) is 34.7 Å². The van der Waals surface area contributed by atoms with Crippen molar-refractivity contribution in [3.8, 4) is 0 Å². The number of benzene rings is 1. The Morgan fingerprint density at radius 1 is 0.982 bits per heavy atom. The summed E-state index contributed by atoms with van der Waals surface area (Å²) in [6, 6.07) is 5.80. The van der Waals surface area contributed by atoms with E-state index in [4.69, 9.17) is 31.8 Å². The molecule has 0 radical (unpaired) electrons. The van der Waals surface area contributed by atoms with E-state index in [-0.39, 0.29) is 57.2 Å². The molecule has 3 rings (SSSR count). The smallest absolute Gasteiger partial charge is 0.410 e. The summed E-state index contributed by atoms with van der Waals surface area (Å²) in [5, 5.41) is 9.15. The van der Waals surface area contributed by atoms with Crippen molar-refractivity contribution in [3.63, 3.8) is 0 Å². The lowest BCUT2D eigenvalue weighted by molar-refractivity contribution is -0.133. The first-order valence-corrected chi connectivity index (χ1v) is 18.7. The van der Waals surface area contributed by atoms with Crippen molar-refractivity contribution in [1.82, 2.24) is 40.8 Å². The highest BCUT2D eigenvalue weighted by molar-refractivity contribution is 6.06. The Kier molecular flexibility index (Phi) is 17.0. The van der Waals surface area contributed by atoms with Crippen molar-refractivity contribution in [3.05, 3.63) is 30.1 Å². The van der Waals surface area contributed by atoms with Gasteiger partial charge in [-0.15, -0.1) is 0 Å². The predicted molar refractivity (Wildman–Crippen MR) is 209 cm³/mol. The summed E-state index contributed by atoms with van der Waals surface area (Å²) in [6.45, 7) is 10.6. The first-order valence-electron chi connectivity index (χ1n) is 18.7. The zero-order valence-corrected chi connectivity index (χ0v) is 32.9. The van der Waals surface area contributed by atoms with E-state index in [1.807, 2.05) is 41.2 Å². The van der Waals surface area contributed by atoms with Crippen LogP contribution >= 0.6 is 0 Å². The molecule has 0 aliphatic rings. The van der Waals surface area contributed by atoms with Crippen molar-refractivity contribution >= 4 is 57.5 Å². The molecule has 5 amide bonds. The minimum Gasteiger partial charge on any atom is -0.441 e.